The minimum atomic E-state index is -0.699. The summed E-state index contributed by atoms with van der Waals surface area (Å²) in [6.07, 6.45) is 1.44. The number of allylic oxidation sites excluding steroid dienone is 1. The van der Waals surface area contributed by atoms with Crippen LogP contribution in [0.15, 0.2) is 65.9 Å². The van der Waals surface area contributed by atoms with Crippen LogP contribution in [-0.2, 0) is 9.53 Å². The molecule has 0 saturated carbocycles. The van der Waals surface area contributed by atoms with E-state index in [0.29, 0.717) is 34.8 Å². The lowest BCUT2D eigenvalue weighted by molar-refractivity contribution is -0.143. The molecule has 2 aromatic rings. The maximum Gasteiger partial charge on any atom is 0.338 e. The smallest absolute Gasteiger partial charge is 0.338 e. The molecule has 3 N–H and O–H groups in total. The lowest BCUT2D eigenvalue weighted by Gasteiger charge is -2.35. The van der Waals surface area contributed by atoms with E-state index in [9.17, 15) is 14.4 Å². The molecule has 0 saturated heterocycles. The van der Waals surface area contributed by atoms with Crippen LogP contribution in [0.3, 0.4) is 0 Å². The molecule has 180 valence electrons. The Labute approximate surface area is 200 Å². The molecule has 0 bridgehead atoms. The third kappa shape index (κ3) is 6.15. The van der Waals surface area contributed by atoms with E-state index in [1.807, 2.05) is 31.2 Å². The van der Waals surface area contributed by atoms with Crippen molar-refractivity contribution in [2.24, 2.45) is 0 Å². The van der Waals surface area contributed by atoms with Crippen LogP contribution in [0.2, 0.25) is 0 Å². The van der Waals surface area contributed by atoms with E-state index >= 15 is 0 Å². The summed E-state index contributed by atoms with van der Waals surface area (Å²) in [4.78, 5) is 40.0. The van der Waals surface area contributed by atoms with Gasteiger partial charge in [-0.15, -0.1) is 0 Å². The van der Waals surface area contributed by atoms with Crippen molar-refractivity contribution < 1.29 is 19.1 Å². The van der Waals surface area contributed by atoms with E-state index < -0.39 is 18.0 Å². The van der Waals surface area contributed by atoms with E-state index in [1.54, 1.807) is 56.0 Å². The monoisotopic (exact) mass is 464 g/mol. The Kier molecular flexibility index (Phi) is 8.29. The number of urea groups is 2. The van der Waals surface area contributed by atoms with Crippen LogP contribution in [0.5, 0.6) is 0 Å². The lowest BCUT2D eigenvalue weighted by Crippen LogP contribution is -2.48. The SMILES string of the molecule is CCCCN1C(=O)NC(c2cccc(NC(=O)Nc3ccccc3)c2)C(C(=O)OC(C)C)=C1C. The first-order chi connectivity index (χ1) is 16.3. The minimum absolute atomic E-state index is 0.266. The highest BCUT2D eigenvalue weighted by Gasteiger charge is 2.36. The predicted octanol–water partition coefficient (Wildman–Crippen LogP) is 5.42. The number of anilines is 2. The summed E-state index contributed by atoms with van der Waals surface area (Å²) in [5.74, 6) is -0.473. The Bertz CT molecular complexity index is 1070. The average Bonchev–Trinajstić information content (AvgIpc) is 2.78. The molecule has 1 heterocycles. The van der Waals surface area contributed by atoms with Gasteiger partial charge in [0.1, 0.15) is 0 Å². The van der Waals surface area contributed by atoms with Crippen molar-refractivity contribution in [3.05, 3.63) is 71.4 Å². The van der Waals surface area contributed by atoms with Crippen LogP contribution in [0, 0.1) is 0 Å². The molecule has 1 aliphatic heterocycles. The lowest BCUT2D eigenvalue weighted by atomic mass is 9.94. The van der Waals surface area contributed by atoms with Gasteiger partial charge in [-0.1, -0.05) is 43.7 Å². The van der Waals surface area contributed by atoms with Gasteiger partial charge in [-0.2, -0.15) is 0 Å². The summed E-state index contributed by atoms with van der Waals surface area (Å²) in [6, 6.07) is 14.8. The van der Waals surface area contributed by atoms with Gasteiger partial charge < -0.3 is 20.7 Å². The number of unbranched alkanes of at least 4 members (excludes halogenated alkanes) is 1. The highest BCUT2D eigenvalue weighted by atomic mass is 16.5. The van der Waals surface area contributed by atoms with Gasteiger partial charge in [0.15, 0.2) is 0 Å². The maximum atomic E-state index is 13.1. The van der Waals surface area contributed by atoms with Crippen molar-refractivity contribution >= 4 is 29.4 Å². The molecule has 1 aliphatic rings. The molecule has 34 heavy (non-hydrogen) atoms. The van der Waals surface area contributed by atoms with E-state index in [0.717, 1.165) is 12.8 Å². The van der Waals surface area contributed by atoms with Crippen LogP contribution in [-0.4, -0.2) is 35.6 Å². The molecule has 8 nitrogen and oxygen atoms in total. The first kappa shape index (κ1) is 24.8. The number of ether oxygens (including phenoxy) is 1. The van der Waals surface area contributed by atoms with Crippen LogP contribution < -0.4 is 16.0 Å². The molecular weight excluding hydrogens is 432 g/mol. The van der Waals surface area contributed by atoms with Crippen molar-refractivity contribution in [1.82, 2.24) is 10.2 Å². The Morgan fingerprint density at radius 2 is 1.74 bits per heavy atom. The minimum Gasteiger partial charge on any atom is -0.459 e. The molecule has 2 aromatic carbocycles. The fraction of sp³-hybridized carbons (Fsp3) is 0.346. The number of benzene rings is 2. The normalized spacial score (nSPS) is 15.7. The quantitative estimate of drug-likeness (QED) is 0.454. The summed E-state index contributed by atoms with van der Waals surface area (Å²) >= 11 is 0. The molecule has 4 amide bonds. The molecule has 0 aromatic heterocycles. The van der Waals surface area contributed by atoms with E-state index in [4.69, 9.17) is 4.74 Å². The molecular formula is C26H32N4O4. The van der Waals surface area contributed by atoms with Gasteiger partial charge in [0, 0.05) is 23.6 Å². The van der Waals surface area contributed by atoms with E-state index in [1.165, 1.54) is 0 Å². The third-order valence-corrected chi connectivity index (χ3v) is 5.40. The molecule has 0 fully saturated rings. The Balaban J connectivity index is 1.88. The first-order valence-electron chi connectivity index (χ1n) is 11.5. The van der Waals surface area contributed by atoms with Gasteiger partial charge in [-0.05, 0) is 57.0 Å². The van der Waals surface area contributed by atoms with Crippen molar-refractivity contribution in [3.8, 4) is 0 Å². The number of para-hydroxylation sites is 1. The highest BCUT2D eigenvalue weighted by molar-refractivity contribution is 6.00. The fourth-order valence-corrected chi connectivity index (χ4v) is 3.77. The van der Waals surface area contributed by atoms with Gasteiger partial charge in [-0.3, -0.25) is 4.90 Å². The number of carbonyl (C=O) groups excluding carboxylic acids is 3. The standard InChI is InChI=1S/C26H32N4O4/c1-5-6-15-30-18(4)22(24(31)34-17(2)3)23(29-26(30)33)19-11-10-14-21(16-19)28-25(32)27-20-12-8-7-9-13-20/h7-14,16-17,23H,5-6,15H2,1-4H3,(H,29,33)(H2,27,28,32). The zero-order valence-corrected chi connectivity index (χ0v) is 20.1. The Morgan fingerprint density at radius 1 is 1.06 bits per heavy atom. The second kappa shape index (κ2) is 11.4. The first-order valence-corrected chi connectivity index (χ1v) is 11.5. The van der Waals surface area contributed by atoms with Gasteiger partial charge in [0.05, 0.1) is 17.7 Å². The van der Waals surface area contributed by atoms with Crippen molar-refractivity contribution in [2.75, 3.05) is 17.2 Å². The highest BCUT2D eigenvalue weighted by Crippen LogP contribution is 2.33. The number of esters is 1. The summed E-state index contributed by atoms with van der Waals surface area (Å²) in [7, 11) is 0. The molecule has 8 heteroatoms. The number of nitrogens with zero attached hydrogens (tertiary/aromatic N) is 1. The second-order valence-electron chi connectivity index (χ2n) is 8.41. The van der Waals surface area contributed by atoms with Gasteiger partial charge in [-0.25, -0.2) is 14.4 Å². The Morgan fingerprint density at radius 3 is 2.41 bits per heavy atom. The second-order valence-corrected chi connectivity index (χ2v) is 8.41. The number of nitrogens with one attached hydrogen (secondary N) is 3. The van der Waals surface area contributed by atoms with Crippen LogP contribution in [0.4, 0.5) is 21.0 Å². The molecule has 0 radical (unpaired) electrons. The number of amides is 4. The number of carbonyl (C=O) groups is 3. The zero-order chi connectivity index (χ0) is 24.7. The number of hydrogen-bond donors (Lipinski definition) is 3. The summed E-state index contributed by atoms with van der Waals surface area (Å²) < 4.78 is 5.51. The average molecular weight is 465 g/mol. The number of hydrogen-bond acceptors (Lipinski definition) is 4. The van der Waals surface area contributed by atoms with Crippen molar-refractivity contribution in [3.63, 3.8) is 0 Å². The van der Waals surface area contributed by atoms with Crippen LogP contribution in [0.25, 0.3) is 0 Å². The van der Waals surface area contributed by atoms with E-state index in [2.05, 4.69) is 16.0 Å². The summed E-state index contributed by atoms with van der Waals surface area (Å²) in [6.45, 7) is 7.91. The molecule has 1 unspecified atom stereocenters. The third-order valence-electron chi connectivity index (χ3n) is 5.40. The molecule has 0 spiro atoms. The number of rotatable bonds is 8. The topological polar surface area (TPSA) is 99.8 Å². The molecule has 3 rings (SSSR count). The molecule has 1 atom stereocenters. The van der Waals surface area contributed by atoms with Crippen LogP contribution >= 0.6 is 0 Å². The van der Waals surface area contributed by atoms with E-state index in [-0.39, 0.29) is 12.1 Å². The van der Waals surface area contributed by atoms with Crippen LogP contribution in [0.1, 0.15) is 52.1 Å². The van der Waals surface area contributed by atoms with Crippen molar-refractivity contribution in [2.45, 2.75) is 52.7 Å². The molecule has 0 aliphatic carbocycles. The van der Waals surface area contributed by atoms with Gasteiger partial charge >= 0.3 is 18.0 Å². The Hall–Kier alpha value is -3.81. The van der Waals surface area contributed by atoms with Gasteiger partial charge in [0.25, 0.3) is 0 Å². The fourth-order valence-electron chi connectivity index (χ4n) is 3.77. The predicted molar refractivity (Wildman–Crippen MR) is 132 cm³/mol. The largest absolute Gasteiger partial charge is 0.459 e. The zero-order valence-electron chi connectivity index (χ0n) is 20.1. The summed E-state index contributed by atoms with van der Waals surface area (Å²) in [5, 5.41) is 8.51. The van der Waals surface area contributed by atoms with Gasteiger partial charge in [0.2, 0.25) is 0 Å². The maximum absolute atomic E-state index is 13.1. The van der Waals surface area contributed by atoms with Crippen molar-refractivity contribution in [1.29, 1.82) is 0 Å². The summed E-state index contributed by atoms with van der Waals surface area (Å²) in [5.41, 5.74) is 2.82.